The van der Waals surface area contributed by atoms with Crippen LogP contribution in [0.2, 0.25) is 0 Å². The van der Waals surface area contributed by atoms with Crippen molar-refractivity contribution in [1.82, 2.24) is 0 Å². The van der Waals surface area contributed by atoms with Gasteiger partial charge in [0.15, 0.2) is 0 Å². The SMILES string of the molecule is CC=C(CO)OC1(CCCCCCCCC)CCCCC1. The number of rotatable bonds is 11. The molecular weight excluding hydrogens is 260 g/mol. The van der Waals surface area contributed by atoms with Crippen LogP contribution in [0, 0.1) is 0 Å². The fraction of sp³-hybridized carbons (Fsp3) is 0.895. The summed E-state index contributed by atoms with van der Waals surface area (Å²) in [6, 6.07) is 0. The summed E-state index contributed by atoms with van der Waals surface area (Å²) in [4.78, 5) is 0. The van der Waals surface area contributed by atoms with E-state index in [0.717, 1.165) is 12.2 Å². The predicted octanol–water partition coefficient (Wildman–Crippen LogP) is 5.74. The lowest BCUT2D eigenvalue weighted by atomic mass is 9.80. The third-order valence-electron chi connectivity index (χ3n) is 4.83. The van der Waals surface area contributed by atoms with Crippen molar-refractivity contribution in [1.29, 1.82) is 0 Å². The zero-order chi connectivity index (χ0) is 15.4. The van der Waals surface area contributed by atoms with Crippen LogP contribution in [-0.2, 0) is 4.74 Å². The number of aliphatic hydroxyl groups is 1. The quantitative estimate of drug-likeness (QED) is 0.389. The first-order chi connectivity index (χ1) is 10.3. The molecule has 0 amide bonds. The molecule has 1 aliphatic carbocycles. The molecule has 0 aliphatic heterocycles. The van der Waals surface area contributed by atoms with Gasteiger partial charge in [-0.2, -0.15) is 0 Å². The van der Waals surface area contributed by atoms with Gasteiger partial charge in [-0.3, -0.25) is 0 Å². The molecule has 1 N–H and O–H groups in total. The molecule has 1 aliphatic rings. The average molecular weight is 296 g/mol. The van der Waals surface area contributed by atoms with Crippen LogP contribution in [-0.4, -0.2) is 17.3 Å². The van der Waals surface area contributed by atoms with E-state index in [2.05, 4.69) is 6.92 Å². The topological polar surface area (TPSA) is 29.5 Å². The molecule has 0 heterocycles. The summed E-state index contributed by atoms with van der Waals surface area (Å²) in [6.07, 6.45) is 18.8. The Bertz CT molecular complexity index is 277. The largest absolute Gasteiger partial charge is 0.490 e. The van der Waals surface area contributed by atoms with Gasteiger partial charge in [-0.15, -0.1) is 0 Å². The van der Waals surface area contributed by atoms with Crippen molar-refractivity contribution in [3.63, 3.8) is 0 Å². The Morgan fingerprint density at radius 3 is 2.19 bits per heavy atom. The van der Waals surface area contributed by atoms with Gasteiger partial charge in [0.25, 0.3) is 0 Å². The van der Waals surface area contributed by atoms with Gasteiger partial charge in [0, 0.05) is 0 Å². The van der Waals surface area contributed by atoms with Crippen LogP contribution in [0.15, 0.2) is 11.8 Å². The zero-order valence-electron chi connectivity index (χ0n) is 14.3. The number of allylic oxidation sites excluding steroid dienone is 1. The molecule has 2 nitrogen and oxygen atoms in total. The van der Waals surface area contributed by atoms with Crippen LogP contribution < -0.4 is 0 Å². The minimum atomic E-state index is 0.0201. The molecule has 0 bridgehead atoms. The van der Waals surface area contributed by atoms with Gasteiger partial charge >= 0.3 is 0 Å². The molecular formula is C19H36O2. The maximum absolute atomic E-state index is 9.37. The summed E-state index contributed by atoms with van der Waals surface area (Å²) in [7, 11) is 0. The Labute approximate surface area is 132 Å². The molecule has 0 saturated heterocycles. The molecule has 0 atom stereocenters. The minimum Gasteiger partial charge on any atom is -0.490 e. The van der Waals surface area contributed by atoms with Crippen molar-refractivity contribution in [2.24, 2.45) is 0 Å². The summed E-state index contributed by atoms with van der Waals surface area (Å²) >= 11 is 0. The molecule has 124 valence electrons. The molecule has 1 rings (SSSR count). The van der Waals surface area contributed by atoms with E-state index in [1.54, 1.807) is 0 Å². The van der Waals surface area contributed by atoms with Gasteiger partial charge in [-0.25, -0.2) is 0 Å². The van der Waals surface area contributed by atoms with Crippen LogP contribution in [0.25, 0.3) is 0 Å². The number of hydrogen-bond acceptors (Lipinski definition) is 2. The van der Waals surface area contributed by atoms with Crippen molar-refractivity contribution in [2.45, 2.75) is 103 Å². The number of unbranched alkanes of at least 4 members (excludes halogenated alkanes) is 6. The Morgan fingerprint density at radius 2 is 1.62 bits per heavy atom. The van der Waals surface area contributed by atoms with Crippen molar-refractivity contribution < 1.29 is 9.84 Å². The average Bonchev–Trinajstić information content (AvgIpc) is 2.53. The van der Waals surface area contributed by atoms with E-state index < -0.39 is 0 Å². The highest BCUT2D eigenvalue weighted by Crippen LogP contribution is 2.37. The summed E-state index contributed by atoms with van der Waals surface area (Å²) in [5, 5.41) is 9.37. The van der Waals surface area contributed by atoms with Crippen LogP contribution in [0.4, 0.5) is 0 Å². The molecule has 0 aromatic carbocycles. The van der Waals surface area contributed by atoms with Gasteiger partial charge in [0.05, 0.1) is 0 Å². The zero-order valence-corrected chi connectivity index (χ0v) is 14.3. The second-order valence-corrected chi connectivity index (χ2v) is 6.63. The smallest absolute Gasteiger partial charge is 0.118 e. The lowest BCUT2D eigenvalue weighted by Crippen LogP contribution is -2.35. The molecule has 1 saturated carbocycles. The monoisotopic (exact) mass is 296 g/mol. The van der Waals surface area contributed by atoms with Crippen LogP contribution in [0.5, 0.6) is 0 Å². The molecule has 0 aromatic rings. The van der Waals surface area contributed by atoms with Gasteiger partial charge in [-0.1, -0.05) is 51.9 Å². The Morgan fingerprint density at radius 1 is 1.00 bits per heavy atom. The standard InChI is InChI=1S/C19H36O2/c1-3-5-6-7-8-9-11-14-19(15-12-10-13-16-19)21-18(4-2)17-20/h4,20H,3,5-17H2,1-2H3. The van der Waals surface area contributed by atoms with Gasteiger partial charge in [0.2, 0.25) is 0 Å². The molecule has 21 heavy (non-hydrogen) atoms. The summed E-state index contributed by atoms with van der Waals surface area (Å²) < 4.78 is 6.23. The number of hydrogen-bond donors (Lipinski definition) is 1. The number of aliphatic hydroxyl groups excluding tert-OH is 1. The molecule has 0 aromatic heterocycles. The van der Waals surface area contributed by atoms with E-state index >= 15 is 0 Å². The van der Waals surface area contributed by atoms with E-state index in [9.17, 15) is 5.11 Å². The highest BCUT2D eigenvalue weighted by molar-refractivity contribution is 4.96. The van der Waals surface area contributed by atoms with E-state index in [4.69, 9.17) is 4.74 Å². The van der Waals surface area contributed by atoms with Crippen molar-refractivity contribution >= 4 is 0 Å². The molecule has 1 fully saturated rings. The highest BCUT2D eigenvalue weighted by atomic mass is 16.5. The van der Waals surface area contributed by atoms with Crippen molar-refractivity contribution in [3.05, 3.63) is 11.8 Å². The van der Waals surface area contributed by atoms with Crippen LogP contribution in [0.3, 0.4) is 0 Å². The third-order valence-corrected chi connectivity index (χ3v) is 4.83. The van der Waals surface area contributed by atoms with Crippen LogP contribution >= 0.6 is 0 Å². The minimum absolute atomic E-state index is 0.0201. The van der Waals surface area contributed by atoms with Gasteiger partial charge < -0.3 is 9.84 Å². The second kappa shape index (κ2) is 11.1. The molecule has 2 heteroatoms. The van der Waals surface area contributed by atoms with E-state index in [1.165, 1.54) is 77.0 Å². The Kier molecular flexibility index (Phi) is 9.82. The Hall–Kier alpha value is -0.500. The van der Waals surface area contributed by atoms with Gasteiger partial charge in [-0.05, 0) is 51.5 Å². The Balaban J connectivity index is 2.32. The summed E-state index contributed by atoms with van der Waals surface area (Å²) in [5.74, 6) is 0.764. The summed E-state index contributed by atoms with van der Waals surface area (Å²) in [5.41, 5.74) is 0.0201. The lowest BCUT2D eigenvalue weighted by molar-refractivity contribution is -0.0471. The maximum Gasteiger partial charge on any atom is 0.118 e. The third kappa shape index (κ3) is 7.35. The van der Waals surface area contributed by atoms with Gasteiger partial charge in [0.1, 0.15) is 18.0 Å². The first-order valence-electron chi connectivity index (χ1n) is 9.21. The number of ether oxygens (including phenoxy) is 1. The van der Waals surface area contributed by atoms with Crippen LogP contribution in [0.1, 0.15) is 97.3 Å². The van der Waals surface area contributed by atoms with Crippen molar-refractivity contribution in [3.8, 4) is 0 Å². The first kappa shape index (κ1) is 18.5. The maximum atomic E-state index is 9.37. The molecule has 0 spiro atoms. The van der Waals surface area contributed by atoms with E-state index in [0.29, 0.717) is 0 Å². The molecule has 0 radical (unpaired) electrons. The fourth-order valence-corrected chi connectivity index (χ4v) is 3.46. The van der Waals surface area contributed by atoms with E-state index in [-0.39, 0.29) is 12.2 Å². The molecule has 0 unspecified atom stereocenters. The van der Waals surface area contributed by atoms with Crippen molar-refractivity contribution in [2.75, 3.05) is 6.61 Å². The second-order valence-electron chi connectivity index (χ2n) is 6.63. The highest BCUT2D eigenvalue weighted by Gasteiger charge is 2.33. The fourth-order valence-electron chi connectivity index (χ4n) is 3.46. The predicted molar refractivity (Wildman–Crippen MR) is 90.4 cm³/mol. The first-order valence-corrected chi connectivity index (χ1v) is 9.21. The summed E-state index contributed by atoms with van der Waals surface area (Å²) in [6.45, 7) is 4.26. The lowest BCUT2D eigenvalue weighted by Gasteiger charge is -2.38. The van der Waals surface area contributed by atoms with E-state index in [1.807, 2.05) is 13.0 Å². The normalized spacial score (nSPS) is 18.7.